The summed E-state index contributed by atoms with van der Waals surface area (Å²) in [7, 11) is -3.81. The zero-order valence-electron chi connectivity index (χ0n) is 19.7. The maximum atomic E-state index is 15.2. The van der Waals surface area contributed by atoms with Gasteiger partial charge in [0.25, 0.3) is 0 Å². The fraction of sp³-hybridized carbons (Fsp3) is 0.138. The third-order valence-electron chi connectivity index (χ3n) is 6.65. The Balaban J connectivity index is 1.83. The van der Waals surface area contributed by atoms with E-state index < -0.39 is 49.5 Å². The fourth-order valence-electron chi connectivity index (χ4n) is 5.01. The molecular weight excluding hydrogens is 514 g/mol. The van der Waals surface area contributed by atoms with Gasteiger partial charge in [-0.2, -0.15) is 5.26 Å². The second-order valence-corrected chi connectivity index (χ2v) is 15.0. The Morgan fingerprint density at radius 1 is 0.730 bits per heavy atom. The van der Waals surface area contributed by atoms with Crippen molar-refractivity contribution in [1.82, 2.24) is 0 Å². The highest BCUT2D eigenvalue weighted by Gasteiger charge is 2.43. The molecule has 2 unspecified atom stereocenters. The minimum absolute atomic E-state index is 0.102. The number of hydrogen-bond donors (Lipinski definition) is 0. The quantitative estimate of drug-likeness (QED) is 0.148. The van der Waals surface area contributed by atoms with Crippen molar-refractivity contribution in [2.75, 3.05) is 6.16 Å². The molecule has 0 bridgehead atoms. The van der Waals surface area contributed by atoms with E-state index in [2.05, 4.69) is 24.3 Å². The van der Waals surface area contributed by atoms with Crippen LogP contribution in [0.25, 0.3) is 0 Å². The van der Waals surface area contributed by atoms with Crippen LogP contribution in [-0.2, 0) is 0 Å². The number of nitriles is 1. The molecule has 0 N–H and O–H groups in total. The third-order valence-corrected chi connectivity index (χ3v) is 15.0. The van der Waals surface area contributed by atoms with E-state index in [-0.39, 0.29) is 5.40 Å². The van der Waals surface area contributed by atoms with E-state index in [0.717, 1.165) is 28.8 Å². The molecule has 0 aromatic heterocycles. The lowest BCUT2D eigenvalue weighted by Gasteiger charge is -2.35. The summed E-state index contributed by atoms with van der Waals surface area (Å²) in [4.78, 5) is 0. The van der Waals surface area contributed by atoms with E-state index in [1.165, 1.54) is 6.07 Å². The van der Waals surface area contributed by atoms with E-state index in [1.807, 2.05) is 66.7 Å². The van der Waals surface area contributed by atoms with Gasteiger partial charge in [-0.1, -0.05) is 91.0 Å². The molecule has 1 aliphatic rings. The van der Waals surface area contributed by atoms with Crippen molar-refractivity contribution in [2.45, 2.75) is 18.2 Å². The summed E-state index contributed by atoms with van der Waals surface area (Å²) in [6.07, 6.45) is 2.08. The minimum Gasteiger partial charge on any atom is -0.256 e. The molecule has 0 radical (unpaired) electrons. The van der Waals surface area contributed by atoms with E-state index >= 15 is 8.78 Å². The standard InChI is InChI=1S/C29H22F4N2P2/c30-25-23(19-34)26(31)28(33)29(27(25)32)35-37(22-15-8-3-9-16-22)18-10-17-24(37)36(20-11-4-1-5-12-20)21-13-6-2-7-14-21/h1-9,11-16,24H,10,17-18H2. The van der Waals surface area contributed by atoms with Crippen molar-refractivity contribution in [3.05, 3.63) is 120 Å². The molecule has 0 aliphatic carbocycles. The van der Waals surface area contributed by atoms with Gasteiger partial charge in [-0.3, -0.25) is 4.74 Å². The molecular formula is C29H22F4N2P2. The van der Waals surface area contributed by atoms with Crippen LogP contribution in [0.3, 0.4) is 0 Å². The van der Waals surface area contributed by atoms with Gasteiger partial charge in [-0.05, 0) is 42.8 Å². The van der Waals surface area contributed by atoms with Gasteiger partial charge in [0.05, 0.1) is 0 Å². The highest BCUT2D eigenvalue weighted by molar-refractivity contribution is 7.90. The van der Waals surface area contributed by atoms with Crippen LogP contribution in [0.5, 0.6) is 0 Å². The van der Waals surface area contributed by atoms with E-state index in [1.54, 1.807) is 0 Å². The van der Waals surface area contributed by atoms with Crippen molar-refractivity contribution in [1.29, 1.82) is 5.26 Å². The number of halogens is 4. The van der Waals surface area contributed by atoms with Crippen LogP contribution in [0.2, 0.25) is 0 Å². The molecule has 2 atom stereocenters. The Morgan fingerprint density at radius 3 is 1.70 bits per heavy atom. The van der Waals surface area contributed by atoms with Crippen molar-refractivity contribution < 1.29 is 17.6 Å². The molecule has 8 heteroatoms. The van der Waals surface area contributed by atoms with Crippen LogP contribution in [-0.4, -0.2) is 11.6 Å². The van der Waals surface area contributed by atoms with Crippen LogP contribution in [0.1, 0.15) is 18.4 Å². The van der Waals surface area contributed by atoms with Crippen LogP contribution in [0.4, 0.5) is 23.2 Å². The molecule has 4 aromatic carbocycles. The lowest BCUT2D eigenvalue weighted by atomic mass is 10.1. The first kappa shape index (κ1) is 25.4. The topological polar surface area (TPSA) is 36.1 Å². The second-order valence-electron chi connectivity index (χ2n) is 8.74. The number of nitrogens with zero attached hydrogens (tertiary/aromatic N) is 2. The van der Waals surface area contributed by atoms with Crippen LogP contribution in [0.15, 0.2) is 95.7 Å². The smallest absolute Gasteiger partial charge is 0.188 e. The largest absolute Gasteiger partial charge is 0.256 e. The maximum absolute atomic E-state index is 15.2. The summed E-state index contributed by atoms with van der Waals surface area (Å²) < 4.78 is 64.4. The minimum atomic E-state index is -2.78. The van der Waals surface area contributed by atoms with E-state index in [0.29, 0.717) is 6.16 Å². The zero-order valence-corrected chi connectivity index (χ0v) is 21.4. The second kappa shape index (κ2) is 10.6. The summed E-state index contributed by atoms with van der Waals surface area (Å²) >= 11 is 0. The molecule has 1 fully saturated rings. The van der Waals surface area contributed by atoms with Gasteiger partial charge in [0.15, 0.2) is 23.3 Å². The average molecular weight is 536 g/mol. The number of benzene rings is 4. The SMILES string of the molecule is N#Cc1c(F)c(F)c(N=P2(c3ccccc3)CCCC2P(c2ccccc2)c2ccccc2)c(F)c1F. The third kappa shape index (κ3) is 4.52. The molecule has 0 amide bonds. The summed E-state index contributed by atoms with van der Waals surface area (Å²) in [6.45, 7) is 0. The van der Waals surface area contributed by atoms with Gasteiger partial charge >= 0.3 is 0 Å². The molecule has 1 saturated heterocycles. The van der Waals surface area contributed by atoms with Crippen molar-refractivity contribution in [3.8, 4) is 6.07 Å². The highest BCUT2D eigenvalue weighted by atomic mass is 31.2. The molecule has 1 aliphatic heterocycles. The van der Waals surface area contributed by atoms with Gasteiger partial charge in [0, 0.05) is 12.5 Å². The molecule has 5 rings (SSSR count). The first-order valence-corrected chi connectivity index (χ1v) is 15.2. The van der Waals surface area contributed by atoms with Crippen LogP contribution >= 0.6 is 15.0 Å². The fourth-order valence-corrected chi connectivity index (χ4v) is 14.4. The van der Waals surface area contributed by atoms with Crippen molar-refractivity contribution in [3.63, 3.8) is 0 Å². The number of hydrogen-bond acceptors (Lipinski definition) is 2. The number of rotatable bonds is 5. The monoisotopic (exact) mass is 536 g/mol. The predicted octanol–water partition coefficient (Wildman–Crippen LogP) is 7.53. The Bertz CT molecular complexity index is 1450. The lowest BCUT2D eigenvalue weighted by Crippen LogP contribution is -2.23. The molecule has 1 heterocycles. The molecule has 4 aromatic rings. The van der Waals surface area contributed by atoms with Gasteiger partial charge in [-0.15, -0.1) is 0 Å². The van der Waals surface area contributed by atoms with Crippen molar-refractivity contribution in [2.24, 2.45) is 4.74 Å². The molecule has 37 heavy (non-hydrogen) atoms. The van der Waals surface area contributed by atoms with Gasteiger partial charge in [-0.25, -0.2) is 17.6 Å². The van der Waals surface area contributed by atoms with Crippen LogP contribution < -0.4 is 15.9 Å². The van der Waals surface area contributed by atoms with Crippen molar-refractivity contribution >= 4 is 36.6 Å². The summed E-state index contributed by atoms with van der Waals surface area (Å²) in [6, 6.07) is 30.5. The summed E-state index contributed by atoms with van der Waals surface area (Å²) in [5, 5.41) is 12.0. The maximum Gasteiger partial charge on any atom is 0.188 e. The first-order valence-electron chi connectivity index (χ1n) is 11.8. The predicted molar refractivity (Wildman–Crippen MR) is 143 cm³/mol. The van der Waals surface area contributed by atoms with Gasteiger partial charge in [0.1, 0.15) is 17.3 Å². The average Bonchev–Trinajstić information content (AvgIpc) is 3.36. The Morgan fingerprint density at radius 2 is 1.22 bits per heavy atom. The van der Waals surface area contributed by atoms with Gasteiger partial charge in [0.2, 0.25) is 0 Å². The van der Waals surface area contributed by atoms with E-state index in [9.17, 15) is 8.78 Å². The van der Waals surface area contributed by atoms with Crippen LogP contribution in [0, 0.1) is 34.6 Å². The highest BCUT2D eigenvalue weighted by Crippen LogP contribution is 2.71. The Kier molecular flexibility index (Phi) is 7.29. The zero-order chi connectivity index (χ0) is 26.0. The summed E-state index contributed by atoms with van der Waals surface area (Å²) in [5.41, 5.74) is -2.24. The van der Waals surface area contributed by atoms with Gasteiger partial charge < -0.3 is 0 Å². The molecule has 2 nitrogen and oxygen atoms in total. The Hall–Kier alpha value is -3.25. The van der Waals surface area contributed by atoms with E-state index in [4.69, 9.17) is 10.0 Å². The Labute approximate surface area is 214 Å². The molecule has 0 saturated carbocycles. The summed E-state index contributed by atoms with van der Waals surface area (Å²) in [5.74, 6) is -6.67. The normalized spacial score (nSPS) is 19.1. The lowest BCUT2D eigenvalue weighted by molar-refractivity contribution is 0.454. The molecule has 186 valence electrons. The molecule has 0 spiro atoms. The first-order chi connectivity index (χ1) is 18.0.